The first-order chi connectivity index (χ1) is 14.1. The van der Waals surface area contributed by atoms with Gasteiger partial charge in [-0.05, 0) is 18.2 Å². The number of piperazine rings is 1. The van der Waals surface area contributed by atoms with E-state index in [2.05, 4.69) is 0 Å². The maximum Gasteiger partial charge on any atom is 0.260 e. The lowest BCUT2D eigenvalue weighted by Gasteiger charge is -2.32. The molecule has 1 N–H and O–H groups in total. The lowest BCUT2D eigenvalue weighted by molar-refractivity contribution is -0.917. The van der Waals surface area contributed by atoms with Gasteiger partial charge in [-0.1, -0.05) is 18.2 Å². The number of hydrogen-bond donors (Lipinski definition) is 1. The van der Waals surface area contributed by atoms with Crippen LogP contribution in [-0.2, 0) is 11.3 Å². The van der Waals surface area contributed by atoms with Gasteiger partial charge in [0.05, 0.1) is 53.1 Å². The second-order valence-corrected chi connectivity index (χ2v) is 6.93. The second kappa shape index (κ2) is 10.0. The van der Waals surface area contributed by atoms with Crippen molar-refractivity contribution in [3.63, 3.8) is 0 Å². The Labute approximate surface area is 171 Å². The number of nitrogens with zero attached hydrogens (tertiary/aromatic N) is 1. The molecule has 1 amide bonds. The van der Waals surface area contributed by atoms with Crippen molar-refractivity contribution in [3.8, 4) is 23.0 Å². The normalized spacial score (nSPS) is 14.4. The summed E-state index contributed by atoms with van der Waals surface area (Å²) in [5.74, 6) is 2.86. The van der Waals surface area contributed by atoms with Crippen LogP contribution in [0.15, 0.2) is 42.5 Å². The third-order valence-corrected chi connectivity index (χ3v) is 5.16. The van der Waals surface area contributed by atoms with Crippen LogP contribution >= 0.6 is 0 Å². The fourth-order valence-electron chi connectivity index (χ4n) is 3.50. The third-order valence-electron chi connectivity index (χ3n) is 5.16. The number of rotatable bonds is 8. The molecule has 0 saturated carbocycles. The molecular weight excluding hydrogens is 372 g/mol. The minimum Gasteiger partial charge on any atom is -0.496 e. The molecule has 0 atom stereocenters. The minimum absolute atomic E-state index is 0.0246. The minimum atomic E-state index is 0.0246. The molecule has 29 heavy (non-hydrogen) atoms. The topological polar surface area (TPSA) is 61.7 Å². The van der Waals surface area contributed by atoms with E-state index >= 15 is 0 Å². The number of carbonyl (C=O) groups excluding carboxylic acids is 1. The molecule has 2 aromatic rings. The van der Waals surface area contributed by atoms with E-state index < -0.39 is 0 Å². The van der Waals surface area contributed by atoms with Gasteiger partial charge in [-0.2, -0.15) is 0 Å². The predicted octanol–water partition coefficient (Wildman–Crippen LogP) is 1.02. The van der Waals surface area contributed by atoms with Crippen molar-refractivity contribution >= 4 is 5.91 Å². The SMILES string of the molecule is COc1cc(OC)c(OC)cc1C[NH+]1CCN(C(=O)COc2ccccc2)CC1. The quantitative estimate of drug-likeness (QED) is 0.716. The summed E-state index contributed by atoms with van der Waals surface area (Å²) < 4.78 is 21.9. The molecule has 7 nitrogen and oxygen atoms in total. The molecule has 0 unspecified atom stereocenters. The first-order valence-corrected chi connectivity index (χ1v) is 9.72. The molecule has 0 spiro atoms. The Bertz CT molecular complexity index is 804. The van der Waals surface area contributed by atoms with E-state index in [0.29, 0.717) is 30.3 Å². The van der Waals surface area contributed by atoms with Gasteiger partial charge in [0.2, 0.25) is 0 Å². The van der Waals surface area contributed by atoms with E-state index in [0.717, 1.165) is 30.9 Å². The highest BCUT2D eigenvalue weighted by molar-refractivity contribution is 5.77. The number of carbonyl (C=O) groups is 1. The summed E-state index contributed by atoms with van der Waals surface area (Å²) >= 11 is 0. The molecule has 0 bridgehead atoms. The molecule has 3 rings (SSSR count). The van der Waals surface area contributed by atoms with Crippen LogP contribution in [0.2, 0.25) is 0 Å². The molecule has 0 aromatic heterocycles. The number of para-hydroxylation sites is 1. The Morgan fingerprint density at radius 3 is 2.17 bits per heavy atom. The number of benzene rings is 2. The van der Waals surface area contributed by atoms with E-state index in [1.807, 2.05) is 47.4 Å². The summed E-state index contributed by atoms with van der Waals surface area (Å²) in [7, 11) is 4.90. The lowest BCUT2D eigenvalue weighted by atomic mass is 10.1. The van der Waals surface area contributed by atoms with E-state index in [9.17, 15) is 4.79 Å². The average molecular weight is 401 g/mol. The van der Waals surface area contributed by atoms with Crippen LogP contribution < -0.4 is 23.8 Å². The fraction of sp³-hybridized carbons (Fsp3) is 0.409. The number of quaternary nitrogens is 1. The van der Waals surface area contributed by atoms with Crippen molar-refractivity contribution in [2.75, 3.05) is 54.1 Å². The van der Waals surface area contributed by atoms with Gasteiger partial charge in [0.15, 0.2) is 18.1 Å². The summed E-state index contributed by atoms with van der Waals surface area (Å²) in [4.78, 5) is 15.7. The molecule has 1 fully saturated rings. The summed E-state index contributed by atoms with van der Waals surface area (Å²) in [5, 5.41) is 0. The van der Waals surface area contributed by atoms with E-state index in [1.165, 1.54) is 4.90 Å². The Morgan fingerprint density at radius 2 is 1.55 bits per heavy atom. The lowest BCUT2D eigenvalue weighted by Crippen LogP contribution is -3.13. The zero-order valence-electron chi connectivity index (χ0n) is 17.3. The van der Waals surface area contributed by atoms with Gasteiger partial charge in [-0.25, -0.2) is 0 Å². The summed E-state index contributed by atoms with van der Waals surface area (Å²) in [6.45, 7) is 4.03. The van der Waals surface area contributed by atoms with Crippen molar-refractivity contribution in [1.82, 2.24) is 4.90 Å². The highest BCUT2D eigenvalue weighted by Gasteiger charge is 2.25. The Kier molecular flexibility index (Phi) is 7.19. The molecule has 1 aliphatic heterocycles. The Hall–Kier alpha value is -2.93. The number of amides is 1. The zero-order valence-corrected chi connectivity index (χ0v) is 17.3. The average Bonchev–Trinajstić information content (AvgIpc) is 2.78. The van der Waals surface area contributed by atoms with Gasteiger partial charge in [0.1, 0.15) is 18.0 Å². The number of ether oxygens (including phenoxy) is 4. The summed E-state index contributed by atoms with van der Waals surface area (Å²) in [6, 6.07) is 13.2. The monoisotopic (exact) mass is 401 g/mol. The number of hydrogen-bond acceptors (Lipinski definition) is 5. The third kappa shape index (κ3) is 5.32. The largest absolute Gasteiger partial charge is 0.496 e. The Morgan fingerprint density at radius 1 is 0.931 bits per heavy atom. The molecule has 0 aliphatic carbocycles. The first-order valence-electron chi connectivity index (χ1n) is 9.72. The van der Waals surface area contributed by atoms with Crippen LogP contribution in [0, 0.1) is 0 Å². The van der Waals surface area contributed by atoms with Crippen LogP contribution in [0.25, 0.3) is 0 Å². The Balaban J connectivity index is 1.54. The maximum atomic E-state index is 12.4. The van der Waals surface area contributed by atoms with Gasteiger partial charge in [-0.15, -0.1) is 0 Å². The fourth-order valence-corrected chi connectivity index (χ4v) is 3.50. The molecule has 0 radical (unpaired) electrons. The maximum absolute atomic E-state index is 12.4. The zero-order chi connectivity index (χ0) is 20.6. The first kappa shape index (κ1) is 20.8. The van der Waals surface area contributed by atoms with Gasteiger partial charge in [0, 0.05) is 6.07 Å². The highest BCUT2D eigenvalue weighted by atomic mass is 16.5. The molecule has 156 valence electrons. The van der Waals surface area contributed by atoms with Crippen LogP contribution in [-0.4, -0.2) is 64.9 Å². The van der Waals surface area contributed by atoms with Crippen LogP contribution in [0.1, 0.15) is 5.56 Å². The highest BCUT2D eigenvalue weighted by Crippen LogP contribution is 2.34. The van der Waals surface area contributed by atoms with Gasteiger partial charge in [0.25, 0.3) is 5.91 Å². The summed E-state index contributed by atoms with van der Waals surface area (Å²) in [6.07, 6.45) is 0. The van der Waals surface area contributed by atoms with E-state index in [4.69, 9.17) is 18.9 Å². The smallest absolute Gasteiger partial charge is 0.260 e. The van der Waals surface area contributed by atoms with Gasteiger partial charge < -0.3 is 28.7 Å². The molecule has 1 aliphatic rings. The summed E-state index contributed by atoms with van der Waals surface area (Å²) in [5.41, 5.74) is 1.06. The number of methoxy groups -OCH3 is 3. The molecule has 7 heteroatoms. The standard InChI is InChI=1S/C22H28N2O5/c1-26-19-14-21(28-3)20(27-2)13-17(19)15-23-9-11-24(12-10-23)22(25)16-29-18-7-5-4-6-8-18/h4-8,13-14H,9-12,15-16H2,1-3H3/p+1. The van der Waals surface area contributed by atoms with Crippen molar-refractivity contribution < 1.29 is 28.6 Å². The van der Waals surface area contributed by atoms with E-state index in [-0.39, 0.29) is 12.5 Å². The second-order valence-electron chi connectivity index (χ2n) is 6.93. The van der Waals surface area contributed by atoms with Gasteiger partial charge >= 0.3 is 0 Å². The van der Waals surface area contributed by atoms with E-state index in [1.54, 1.807) is 21.3 Å². The van der Waals surface area contributed by atoms with Crippen LogP contribution in [0.4, 0.5) is 0 Å². The van der Waals surface area contributed by atoms with Crippen LogP contribution in [0.5, 0.6) is 23.0 Å². The van der Waals surface area contributed by atoms with Crippen LogP contribution in [0.3, 0.4) is 0 Å². The molecular formula is C22H29N2O5+. The molecule has 1 heterocycles. The van der Waals surface area contributed by atoms with Crippen molar-refractivity contribution in [2.45, 2.75) is 6.54 Å². The van der Waals surface area contributed by atoms with Gasteiger partial charge in [-0.3, -0.25) is 4.79 Å². The number of nitrogens with one attached hydrogen (secondary N) is 1. The molecule has 2 aromatic carbocycles. The van der Waals surface area contributed by atoms with Crippen molar-refractivity contribution in [1.29, 1.82) is 0 Å². The predicted molar refractivity (Wildman–Crippen MR) is 109 cm³/mol. The van der Waals surface area contributed by atoms with Crippen molar-refractivity contribution in [2.24, 2.45) is 0 Å². The van der Waals surface area contributed by atoms with Crippen molar-refractivity contribution in [3.05, 3.63) is 48.0 Å². The molecule has 1 saturated heterocycles.